The molecule has 1 aromatic carbocycles. The van der Waals surface area contributed by atoms with Gasteiger partial charge in [0.2, 0.25) is 5.91 Å². The summed E-state index contributed by atoms with van der Waals surface area (Å²) in [5, 5.41) is 11.1. The number of carbonyl (C=O) groups is 1. The second kappa shape index (κ2) is 11.6. The number of hydrogen-bond donors (Lipinski definition) is 1. The van der Waals surface area contributed by atoms with Crippen LogP contribution in [0.15, 0.2) is 58.9 Å². The lowest BCUT2D eigenvalue weighted by Crippen LogP contribution is -2.54. The average molecular weight is 589 g/mol. The Morgan fingerprint density at radius 1 is 1.24 bits per heavy atom. The first-order chi connectivity index (χ1) is 20.1. The van der Waals surface area contributed by atoms with Crippen LogP contribution in [0.2, 0.25) is 0 Å². The van der Waals surface area contributed by atoms with E-state index in [4.69, 9.17) is 4.98 Å². The first-order valence-corrected chi connectivity index (χ1v) is 14.9. The van der Waals surface area contributed by atoms with Gasteiger partial charge in [-0.2, -0.15) is 4.98 Å². The standard InChI is InChI=1S/C31H33FN6O3S/c1-7-24(40)36-13-14-37(19(5)16-36)29-20-15-21(32)27(25-22(39)9-8-10-23(25)42-6)34-30(20)38(31(41)35-29)28-18(4)11-12-33-26(28)17(2)3/h7-12,15,17,19,39H,1,13-14,16H2,2-6H3/t19-/m0/s1. The molecule has 5 rings (SSSR count). The monoisotopic (exact) mass is 588 g/mol. The first-order valence-electron chi connectivity index (χ1n) is 13.7. The lowest BCUT2D eigenvalue weighted by atomic mass is 10.0. The summed E-state index contributed by atoms with van der Waals surface area (Å²) in [6.45, 7) is 12.5. The number of phenolic OH excluding ortho intramolecular Hbond substituents is 1. The van der Waals surface area contributed by atoms with E-state index in [1.54, 1.807) is 23.2 Å². The minimum absolute atomic E-state index is 0.0294. The number of rotatable bonds is 6. The summed E-state index contributed by atoms with van der Waals surface area (Å²) in [7, 11) is 0. The van der Waals surface area contributed by atoms with Crippen molar-refractivity contribution in [1.29, 1.82) is 0 Å². The van der Waals surface area contributed by atoms with Gasteiger partial charge in [0.05, 0.1) is 22.3 Å². The van der Waals surface area contributed by atoms with Crippen molar-refractivity contribution < 1.29 is 14.3 Å². The molecule has 1 atom stereocenters. The Balaban J connectivity index is 1.84. The number of carbonyl (C=O) groups excluding carboxylic acids is 1. The molecule has 9 nitrogen and oxygen atoms in total. The predicted octanol–water partition coefficient (Wildman–Crippen LogP) is 5.06. The highest BCUT2D eigenvalue weighted by atomic mass is 32.2. The van der Waals surface area contributed by atoms with Gasteiger partial charge in [-0.05, 0) is 61.9 Å². The molecule has 0 radical (unpaired) electrons. The lowest BCUT2D eigenvalue weighted by molar-refractivity contribution is -0.126. The SMILES string of the molecule is C=CC(=O)N1CCN(c2nc(=O)n(-c3c(C)ccnc3C(C)C)c3nc(-c4c(O)cccc4SC)c(F)cc23)[C@@H](C)C1. The van der Waals surface area contributed by atoms with Gasteiger partial charge in [-0.15, -0.1) is 11.8 Å². The molecule has 11 heteroatoms. The van der Waals surface area contributed by atoms with Crippen molar-refractivity contribution >= 4 is 34.5 Å². The van der Waals surface area contributed by atoms with Gasteiger partial charge in [0.15, 0.2) is 11.5 Å². The van der Waals surface area contributed by atoms with E-state index in [2.05, 4.69) is 16.5 Å². The van der Waals surface area contributed by atoms with Crippen LogP contribution in [0.1, 0.15) is 37.9 Å². The fourth-order valence-corrected chi connectivity index (χ4v) is 6.14. The fourth-order valence-electron chi connectivity index (χ4n) is 5.52. The Bertz CT molecular complexity index is 1770. The van der Waals surface area contributed by atoms with Crippen LogP contribution in [0.5, 0.6) is 5.75 Å². The number of amides is 1. The summed E-state index contributed by atoms with van der Waals surface area (Å²) < 4.78 is 17.5. The fraction of sp³-hybridized carbons (Fsp3) is 0.323. The molecule has 4 heterocycles. The maximum Gasteiger partial charge on any atom is 0.355 e. The van der Waals surface area contributed by atoms with Crippen molar-refractivity contribution in [2.24, 2.45) is 0 Å². The highest BCUT2D eigenvalue weighted by Gasteiger charge is 2.31. The molecule has 1 amide bonds. The number of thioether (sulfide) groups is 1. The van der Waals surface area contributed by atoms with E-state index in [1.165, 1.54) is 34.5 Å². The van der Waals surface area contributed by atoms with Crippen LogP contribution in [0, 0.1) is 12.7 Å². The van der Waals surface area contributed by atoms with Crippen LogP contribution in [0.25, 0.3) is 28.0 Å². The van der Waals surface area contributed by atoms with Crippen LogP contribution in [-0.4, -0.2) is 67.4 Å². The van der Waals surface area contributed by atoms with E-state index in [-0.39, 0.29) is 46.3 Å². The zero-order valence-electron chi connectivity index (χ0n) is 24.3. The molecule has 0 bridgehead atoms. The third-order valence-electron chi connectivity index (χ3n) is 7.57. The van der Waals surface area contributed by atoms with Crippen molar-refractivity contribution in [3.05, 3.63) is 76.7 Å². The Labute approximate surface area is 247 Å². The second-order valence-electron chi connectivity index (χ2n) is 10.6. The molecule has 1 aliphatic rings. The number of nitrogens with zero attached hydrogens (tertiary/aromatic N) is 6. The number of fused-ring (bicyclic) bond motifs is 1. The molecule has 42 heavy (non-hydrogen) atoms. The number of piperazine rings is 1. The van der Waals surface area contributed by atoms with Gasteiger partial charge in [-0.1, -0.05) is 26.5 Å². The van der Waals surface area contributed by atoms with Crippen LogP contribution in [-0.2, 0) is 4.79 Å². The van der Waals surface area contributed by atoms with Crippen LogP contribution < -0.4 is 10.6 Å². The molecule has 0 saturated carbocycles. The van der Waals surface area contributed by atoms with Crippen molar-refractivity contribution in [3.8, 4) is 22.7 Å². The molecule has 1 fully saturated rings. The zero-order valence-corrected chi connectivity index (χ0v) is 25.1. The quantitative estimate of drug-likeness (QED) is 0.246. The lowest BCUT2D eigenvalue weighted by Gasteiger charge is -2.40. The Hall–Kier alpha value is -4.25. The van der Waals surface area contributed by atoms with Gasteiger partial charge in [-0.25, -0.2) is 18.7 Å². The molecular formula is C31H33FN6O3S. The van der Waals surface area contributed by atoms with Gasteiger partial charge in [-0.3, -0.25) is 9.78 Å². The highest BCUT2D eigenvalue weighted by Crippen LogP contribution is 2.40. The third-order valence-corrected chi connectivity index (χ3v) is 8.35. The van der Waals surface area contributed by atoms with E-state index in [0.717, 1.165) is 5.56 Å². The van der Waals surface area contributed by atoms with E-state index < -0.39 is 11.5 Å². The van der Waals surface area contributed by atoms with Gasteiger partial charge in [0.25, 0.3) is 0 Å². The van der Waals surface area contributed by atoms with E-state index in [1.807, 2.05) is 44.9 Å². The number of aromatic hydroxyl groups is 1. The molecule has 0 spiro atoms. The Morgan fingerprint density at radius 3 is 2.67 bits per heavy atom. The van der Waals surface area contributed by atoms with Crippen LogP contribution in [0.4, 0.5) is 10.2 Å². The topological polar surface area (TPSA) is 104 Å². The van der Waals surface area contributed by atoms with E-state index in [0.29, 0.717) is 41.3 Å². The molecule has 218 valence electrons. The summed E-state index contributed by atoms with van der Waals surface area (Å²) >= 11 is 1.36. The van der Waals surface area contributed by atoms with Gasteiger partial charge in [0, 0.05) is 36.8 Å². The predicted molar refractivity (Wildman–Crippen MR) is 164 cm³/mol. The number of halogens is 1. The number of phenols is 1. The Kier molecular flexibility index (Phi) is 8.05. The first kappa shape index (κ1) is 29.2. The molecule has 0 unspecified atom stereocenters. The largest absolute Gasteiger partial charge is 0.507 e. The van der Waals surface area contributed by atoms with Crippen molar-refractivity contribution in [2.45, 2.75) is 44.6 Å². The molecular weight excluding hydrogens is 555 g/mol. The summed E-state index contributed by atoms with van der Waals surface area (Å²) in [5.41, 5.74) is 1.81. The van der Waals surface area contributed by atoms with E-state index in [9.17, 15) is 14.7 Å². The normalized spacial score (nSPS) is 15.5. The minimum atomic E-state index is -0.660. The van der Waals surface area contributed by atoms with Gasteiger partial charge >= 0.3 is 5.69 Å². The molecule has 1 aliphatic heterocycles. The minimum Gasteiger partial charge on any atom is -0.507 e. The second-order valence-corrected chi connectivity index (χ2v) is 11.5. The number of aromatic nitrogens is 4. The van der Waals surface area contributed by atoms with Crippen molar-refractivity contribution in [3.63, 3.8) is 0 Å². The van der Waals surface area contributed by atoms with Crippen LogP contribution in [0.3, 0.4) is 0 Å². The number of pyridine rings is 2. The van der Waals surface area contributed by atoms with Gasteiger partial charge in [0.1, 0.15) is 17.3 Å². The zero-order chi connectivity index (χ0) is 30.3. The smallest absolute Gasteiger partial charge is 0.355 e. The highest BCUT2D eigenvalue weighted by molar-refractivity contribution is 7.98. The molecule has 1 saturated heterocycles. The van der Waals surface area contributed by atoms with Crippen LogP contribution >= 0.6 is 11.8 Å². The van der Waals surface area contributed by atoms with E-state index >= 15 is 4.39 Å². The Morgan fingerprint density at radius 2 is 2.00 bits per heavy atom. The summed E-state index contributed by atoms with van der Waals surface area (Å²) in [4.78, 5) is 44.4. The van der Waals surface area contributed by atoms with Crippen molar-refractivity contribution in [2.75, 3.05) is 30.8 Å². The number of anilines is 1. The maximum absolute atomic E-state index is 16.1. The number of benzene rings is 1. The number of aryl methyl sites for hydroxylation is 1. The van der Waals surface area contributed by atoms with Crippen molar-refractivity contribution in [1.82, 2.24) is 24.4 Å². The average Bonchev–Trinajstić information content (AvgIpc) is 2.96. The summed E-state index contributed by atoms with van der Waals surface area (Å²) in [5.74, 6) is -0.691. The summed E-state index contributed by atoms with van der Waals surface area (Å²) in [6.07, 6.45) is 4.81. The summed E-state index contributed by atoms with van der Waals surface area (Å²) in [6, 6.07) is 7.88. The third kappa shape index (κ3) is 5.02. The maximum atomic E-state index is 16.1. The number of hydrogen-bond acceptors (Lipinski definition) is 8. The molecule has 3 aromatic heterocycles. The van der Waals surface area contributed by atoms with Gasteiger partial charge < -0.3 is 14.9 Å². The molecule has 4 aromatic rings. The molecule has 1 N–H and O–H groups in total. The molecule has 0 aliphatic carbocycles.